The predicted octanol–water partition coefficient (Wildman–Crippen LogP) is 2.68. The van der Waals surface area contributed by atoms with Gasteiger partial charge in [0, 0.05) is 19.2 Å². The summed E-state index contributed by atoms with van der Waals surface area (Å²) >= 11 is 0. The van der Waals surface area contributed by atoms with Gasteiger partial charge in [-0.3, -0.25) is 4.79 Å². The molecule has 1 fully saturated rings. The van der Waals surface area contributed by atoms with Crippen LogP contribution in [0, 0.1) is 0 Å². The Morgan fingerprint density at radius 2 is 1.92 bits per heavy atom. The first-order valence-electron chi connectivity index (χ1n) is 7.83. The molecule has 6 heteroatoms. The van der Waals surface area contributed by atoms with E-state index in [-0.39, 0.29) is 18.2 Å². The van der Waals surface area contributed by atoms with Crippen LogP contribution in [0.4, 0.5) is 0 Å². The highest BCUT2D eigenvalue weighted by Crippen LogP contribution is 2.29. The molecule has 2 heterocycles. The molecule has 0 saturated carbocycles. The van der Waals surface area contributed by atoms with Crippen LogP contribution in [-0.2, 0) is 14.6 Å². The van der Waals surface area contributed by atoms with Crippen molar-refractivity contribution < 1.29 is 17.6 Å². The van der Waals surface area contributed by atoms with E-state index in [0.717, 1.165) is 5.56 Å². The van der Waals surface area contributed by atoms with E-state index in [0.29, 0.717) is 18.7 Å². The molecule has 1 atom stereocenters. The molecule has 126 valence electrons. The van der Waals surface area contributed by atoms with Gasteiger partial charge in [0.25, 0.3) is 0 Å². The highest BCUT2D eigenvalue weighted by atomic mass is 32.2. The molecule has 0 N–H and O–H groups in total. The van der Waals surface area contributed by atoms with Crippen LogP contribution in [0.2, 0.25) is 0 Å². The lowest BCUT2D eigenvalue weighted by atomic mass is 10.1. The highest BCUT2D eigenvalue weighted by Gasteiger charge is 2.32. The molecule has 1 saturated heterocycles. The summed E-state index contributed by atoms with van der Waals surface area (Å²) in [5.74, 6) is 0.371. The van der Waals surface area contributed by atoms with Gasteiger partial charge in [-0.25, -0.2) is 8.42 Å². The monoisotopic (exact) mass is 345 g/mol. The normalized spacial score (nSPS) is 20.8. The molecule has 24 heavy (non-hydrogen) atoms. The van der Waals surface area contributed by atoms with Gasteiger partial charge >= 0.3 is 0 Å². The Morgan fingerprint density at radius 3 is 2.62 bits per heavy atom. The summed E-state index contributed by atoms with van der Waals surface area (Å²) in [6, 6.07) is 12.7. The van der Waals surface area contributed by atoms with E-state index < -0.39 is 15.1 Å². The standard InChI is InChI=1S/C18H19NO4S/c20-18(9-8-16-7-4-13-23-16)19-11-10-17(24(21,22)14-12-19)15-5-2-1-3-6-15/h1-9,13,17H,10-12,14H2/b9-8+/t17-/m1/s1. The Labute approximate surface area is 141 Å². The van der Waals surface area contributed by atoms with Crippen molar-refractivity contribution in [2.45, 2.75) is 11.7 Å². The number of sulfone groups is 1. The summed E-state index contributed by atoms with van der Waals surface area (Å²) < 4.78 is 30.2. The Balaban J connectivity index is 1.73. The summed E-state index contributed by atoms with van der Waals surface area (Å²) in [5.41, 5.74) is 0.790. The third kappa shape index (κ3) is 3.76. The lowest BCUT2D eigenvalue weighted by molar-refractivity contribution is -0.125. The number of hydrogen-bond donors (Lipinski definition) is 0. The topological polar surface area (TPSA) is 67.6 Å². The van der Waals surface area contributed by atoms with Gasteiger partial charge in [0.05, 0.1) is 17.3 Å². The number of amides is 1. The zero-order valence-corrected chi connectivity index (χ0v) is 14.0. The minimum absolute atomic E-state index is 0.0209. The fourth-order valence-corrected chi connectivity index (χ4v) is 4.65. The van der Waals surface area contributed by atoms with Gasteiger partial charge in [-0.2, -0.15) is 0 Å². The Hall–Kier alpha value is -2.34. The molecule has 3 rings (SSSR count). The minimum atomic E-state index is -3.27. The zero-order chi connectivity index (χ0) is 17.0. The van der Waals surface area contributed by atoms with Crippen molar-refractivity contribution in [3.8, 4) is 0 Å². The second kappa shape index (κ2) is 7.05. The molecule has 0 aliphatic carbocycles. The second-order valence-electron chi connectivity index (χ2n) is 5.73. The van der Waals surface area contributed by atoms with Crippen LogP contribution in [0.5, 0.6) is 0 Å². The van der Waals surface area contributed by atoms with Crippen LogP contribution in [0.15, 0.2) is 59.2 Å². The maximum atomic E-state index is 12.5. The summed E-state index contributed by atoms with van der Waals surface area (Å²) in [5, 5.41) is -0.550. The SMILES string of the molecule is O=C(/C=C/c1ccco1)N1CC[C@H](c2ccccc2)S(=O)(=O)CC1. The molecule has 5 nitrogen and oxygen atoms in total. The largest absolute Gasteiger partial charge is 0.465 e. The zero-order valence-electron chi connectivity index (χ0n) is 13.2. The van der Waals surface area contributed by atoms with Crippen LogP contribution >= 0.6 is 0 Å². The molecule has 1 aromatic heterocycles. The Kier molecular flexibility index (Phi) is 4.85. The van der Waals surface area contributed by atoms with Gasteiger partial charge in [0.15, 0.2) is 9.84 Å². The van der Waals surface area contributed by atoms with E-state index in [9.17, 15) is 13.2 Å². The number of hydrogen-bond acceptors (Lipinski definition) is 4. The molecular weight excluding hydrogens is 326 g/mol. The van der Waals surface area contributed by atoms with Crippen molar-refractivity contribution in [2.75, 3.05) is 18.8 Å². The van der Waals surface area contributed by atoms with Crippen molar-refractivity contribution in [1.82, 2.24) is 4.90 Å². The van der Waals surface area contributed by atoms with E-state index in [4.69, 9.17) is 4.42 Å². The second-order valence-corrected chi connectivity index (χ2v) is 8.03. The van der Waals surface area contributed by atoms with Gasteiger partial charge in [-0.05, 0) is 30.2 Å². The average molecular weight is 345 g/mol. The number of carbonyl (C=O) groups is 1. The van der Waals surface area contributed by atoms with Gasteiger partial charge in [-0.15, -0.1) is 0 Å². The van der Waals surface area contributed by atoms with Crippen LogP contribution < -0.4 is 0 Å². The molecule has 0 spiro atoms. The van der Waals surface area contributed by atoms with Crippen molar-refractivity contribution >= 4 is 21.8 Å². The first-order chi connectivity index (χ1) is 11.6. The number of benzene rings is 1. The first-order valence-corrected chi connectivity index (χ1v) is 9.55. The molecule has 1 amide bonds. The third-order valence-electron chi connectivity index (χ3n) is 4.16. The van der Waals surface area contributed by atoms with Crippen LogP contribution in [0.25, 0.3) is 6.08 Å². The maximum absolute atomic E-state index is 12.5. The van der Waals surface area contributed by atoms with E-state index >= 15 is 0 Å². The molecule has 0 unspecified atom stereocenters. The third-order valence-corrected chi connectivity index (χ3v) is 6.28. The maximum Gasteiger partial charge on any atom is 0.246 e. The van der Waals surface area contributed by atoms with Crippen molar-refractivity contribution in [2.24, 2.45) is 0 Å². The van der Waals surface area contributed by atoms with Crippen molar-refractivity contribution in [3.63, 3.8) is 0 Å². The molecule has 2 aromatic rings. The lowest BCUT2D eigenvalue weighted by Gasteiger charge is -2.18. The van der Waals surface area contributed by atoms with Gasteiger partial charge in [-0.1, -0.05) is 30.3 Å². The summed E-state index contributed by atoms with van der Waals surface area (Å²) in [6.45, 7) is 0.632. The van der Waals surface area contributed by atoms with Gasteiger partial charge in [0.1, 0.15) is 5.76 Å². The predicted molar refractivity (Wildman–Crippen MR) is 91.9 cm³/mol. The quantitative estimate of drug-likeness (QED) is 0.802. The van der Waals surface area contributed by atoms with E-state index in [1.165, 1.54) is 12.3 Å². The minimum Gasteiger partial charge on any atom is -0.465 e. The lowest BCUT2D eigenvalue weighted by Crippen LogP contribution is -2.32. The number of furan rings is 1. The molecule has 1 aliphatic rings. The van der Waals surface area contributed by atoms with Crippen molar-refractivity contribution in [1.29, 1.82) is 0 Å². The van der Waals surface area contributed by atoms with Crippen LogP contribution in [0.1, 0.15) is 23.0 Å². The summed E-state index contributed by atoms with van der Waals surface area (Å²) in [6.07, 6.45) is 4.96. The Bertz CT molecular complexity index is 810. The first kappa shape index (κ1) is 16.5. The highest BCUT2D eigenvalue weighted by molar-refractivity contribution is 7.91. The summed E-state index contributed by atoms with van der Waals surface area (Å²) in [4.78, 5) is 13.9. The smallest absolute Gasteiger partial charge is 0.246 e. The van der Waals surface area contributed by atoms with Crippen LogP contribution in [0.3, 0.4) is 0 Å². The molecule has 0 radical (unpaired) electrons. The molecule has 1 aliphatic heterocycles. The molecule has 0 bridgehead atoms. The molecule has 1 aromatic carbocycles. The fraction of sp³-hybridized carbons (Fsp3) is 0.278. The average Bonchev–Trinajstić information content (AvgIpc) is 3.04. The van der Waals surface area contributed by atoms with Gasteiger partial charge in [0.2, 0.25) is 5.91 Å². The summed E-state index contributed by atoms with van der Waals surface area (Å²) in [7, 11) is -3.27. The van der Waals surface area contributed by atoms with E-state index in [2.05, 4.69) is 0 Å². The van der Waals surface area contributed by atoms with E-state index in [1.807, 2.05) is 30.3 Å². The van der Waals surface area contributed by atoms with Crippen molar-refractivity contribution in [3.05, 3.63) is 66.1 Å². The van der Waals surface area contributed by atoms with Gasteiger partial charge < -0.3 is 9.32 Å². The fourth-order valence-electron chi connectivity index (χ4n) is 2.85. The number of nitrogens with zero attached hydrogens (tertiary/aromatic N) is 1. The number of rotatable bonds is 3. The molecular formula is C18H19NO4S. The Morgan fingerprint density at radius 1 is 1.12 bits per heavy atom. The van der Waals surface area contributed by atoms with Crippen LogP contribution in [-0.4, -0.2) is 38.1 Å². The van der Waals surface area contributed by atoms with E-state index in [1.54, 1.807) is 23.1 Å². The number of carbonyl (C=O) groups excluding carboxylic acids is 1.